The predicted molar refractivity (Wildman–Crippen MR) is 81.4 cm³/mol. The third kappa shape index (κ3) is 3.46. The van der Waals surface area contributed by atoms with Crippen molar-refractivity contribution in [2.45, 2.75) is 13.0 Å². The summed E-state index contributed by atoms with van der Waals surface area (Å²) >= 11 is 3.53. The van der Waals surface area contributed by atoms with Crippen molar-refractivity contribution in [3.63, 3.8) is 0 Å². The highest BCUT2D eigenvalue weighted by Crippen LogP contribution is 2.24. The van der Waals surface area contributed by atoms with Gasteiger partial charge in [0, 0.05) is 42.4 Å². The Hall–Kier alpha value is -0.580. The number of hydrogen-bond donors (Lipinski definition) is 1. The van der Waals surface area contributed by atoms with Crippen LogP contribution < -0.4 is 10.2 Å². The molecule has 1 fully saturated rings. The van der Waals surface area contributed by atoms with Crippen molar-refractivity contribution < 1.29 is 0 Å². The molecule has 0 aromatic heterocycles. The van der Waals surface area contributed by atoms with Crippen LogP contribution in [0.4, 0.5) is 5.69 Å². The van der Waals surface area contributed by atoms with Crippen LogP contribution in [0, 0.1) is 6.92 Å². The van der Waals surface area contributed by atoms with Gasteiger partial charge in [0.05, 0.1) is 0 Å². The third-order valence-electron chi connectivity index (χ3n) is 3.34. The minimum Gasteiger partial charge on any atom is -0.368 e. The van der Waals surface area contributed by atoms with Crippen molar-refractivity contribution in [1.29, 1.82) is 0 Å². The molecule has 1 aliphatic heterocycles. The van der Waals surface area contributed by atoms with Crippen LogP contribution in [0.5, 0.6) is 0 Å². The summed E-state index contributed by atoms with van der Waals surface area (Å²) in [5.41, 5.74) is 2.71. The molecule has 1 saturated heterocycles. The van der Waals surface area contributed by atoms with Crippen LogP contribution in [0.3, 0.4) is 0 Å². The molecular formula is C14H22BrN3. The smallest absolute Gasteiger partial charge is 0.0397 e. The van der Waals surface area contributed by atoms with Gasteiger partial charge in [-0.2, -0.15) is 0 Å². The van der Waals surface area contributed by atoms with E-state index < -0.39 is 0 Å². The number of halogens is 1. The molecule has 1 heterocycles. The molecular weight excluding hydrogens is 290 g/mol. The maximum absolute atomic E-state index is 3.59. The Morgan fingerprint density at radius 2 is 2.22 bits per heavy atom. The number of aryl methyl sites for hydroxylation is 1. The van der Waals surface area contributed by atoms with E-state index in [0.29, 0.717) is 6.04 Å². The van der Waals surface area contributed by atoms with E-state index in [2.05, 4.69) is 70.3 Å². The maximum Gasteiger partial charge on any atom is 0.0397 e. The van der Waals surface area contributed by atoms with Crippen molar-refractivity contribution in [3.05, 3.63) is 28.2 Å². The highest BCUT2D eigenvalue weighted by Gasteiger charge is 2.20. The van der Waals surface area contributed by atoms with E-state index in [-0.39, 0.29) is 0 Å². The van der Waals surface area contributed by atoms with E-state index in [4.69, 9.17) is 0 Å². The zero-order valence-corrected chi connectivity index (χ0v) is 13.0. The van der Waals surface area contributed by atoms with Crippen LogP contribution in [0.2, 0.25) is 0 Å². The summed E-state index contributed by atoms with van der Waals surface area (Å²) in [4.78, 5) is 4.74. The van der Waals surface area contributed by atoms with Gasteiger partial charge in [-0.1, -0.05) is 15.9 Å². The normalized spacial score (nSPS) is 20.5. The number of rotatable bonds is 3. The standard InChI is InChI=1S/C14H22BrN3/c1-11-8-12(15)4-5-14(11)18-7-6-16-13(10-18)9-17(2)3/h4-5,8,13,16H,6-7,9-10H2,1-3H3. The van der Waals surface area contributed by atoms with E-state index in [1.165, 1.54) is 11.3 Å². The summed E-state index contributed by atoms with van der Waals surface area (Å²) in [6.45, 7) is 6.51. The molecule has 1 aromatic rings. The maximum atomic E-state index is 3.59. The van der Waals surface area contributed by atoms with Gasteiger partial charge in [-0.25, -0.2) is 0 Å². The molecule has 0 radical (unpaired) electrons. The second-order valence-electron chi connectivity index (χ2n) is 5.29. The highest BCUT2D eigenvalue weighted by molar-refractivity contribution is 9.10. The van der Waals surface area contributed by atoms with Crippen molar-refractivity contribution in [2.24, 2.45) is 0 Å². The Morgan fingerprint density at radius 3 is 2.89 bits per heavy atom. The van der Waals surface area contributed by atoms with Crippen LogP contribution in [-0.4, -0.2) is 51.2 Å². The Bertz CT molecular complexity index is 406. The summed E-state index contributed by atoms with van der Waals surface area (Å²) in [6.07, 6.45) is 0. The van der Waals surface area contributed by atoms with Gasteiger partial charge in [-0.05, 0) is 44.8 Å². The van der Waals surface area contributed by atoms with Gasteiger partial charge >= 0.3 is 0 Å². The Morgan fingerprint density at radius 1 is 1.44 bits per heavy atom. The summed E-state index contributed by atoms with van der Waals surface area (Å²) in [5.74, 6) is 0. The van der Waals surface area contributed by atoms with Gasteiger partial charge in [0.2, 0.25) is 0 Å². The lowest BCUT2D eigenvalue weighted by molar-refractivity contribution is 0.323. The van der Waals surface area contributed by atoms with Gasteiger partial charge in [-0.15, -0.1) is 0 Å². The van der Waals surface area contributed by atoms with Crippen LogP contribution in [0.15, 0.2) is 22.7 Å². The zero-order valence-electron chi connectivity index (χ0n) is 11.4. The average molecular weight is 312 g/mol. The number of benzene rings is 1. The molecule has 1 aliphatic rings. The van der Waals surface area contributed by atoms with Gasteiger partial charge in [0.1, 0.15) is 0 Å². The molecule has 0 amide bonds. The fourth-order valence-electron chi connectivity index (χ4n) is 2.58. The number of anilines is 1. The van der Waals surface area contributed by atoms with Gasteiger partial charge < -0.3 is 15.1 Å². The SMILES string of the molecule is Cc1cc(Br)ccc1N1CCNC(CN(C)C)C1. The molecule has 0 spiro atoms. The predicted octanol–water partition coefficient (Wildman–Crippen LogP) is 2.10. The fourth-order valence-corrected chi connectivity index (χ4v) is 3.06. The van der Waals surface area contributed by atoms with Crippen molar-refractivity contribution >= 4 is 21.6 Å². The lowest BCUT2D eigenvalue weighted by atomic mass is 10.1. The average Bonchev–Trinajstić information content (AvgIpc) is 2.28. The molecule has 2 rings (SSSR count). The molecule has 1 aromatic carbocycles. The number of hydrogen-bond acceptors (Lipinski definition) is 3. The van der Waals surface area contributed by atoms with Crippen molar-refractivity contribution in [3.8, 4) is 0 Å². The summed E-state index contributed by atoms with van der Waals surface area (Å²) in [7, 11) is 4.26. The summed E-state index contributed by atoms with van der Waals surface area (Å²) in [5, 5.41) is 3.59. The monoisotopic (exact) mass is 311 g/mol. The van der Waals surface area contributed by atoms with Crippen LogP contribution in [0.1, 0.15) is 5.56 Å². The Labute approximate surface area is 118 Å². The first-order chi connectivity index (χ1) is 8.56. The molecule has 4 heteroatoms. The molecule has 0 saturated carbocycles. The molecule has 1 N–H and O–H groups in total. The summed E-state index contributed by atoms with van der Waals surface area (Å²) < 4.78 is 1.16. The van der Waals surface area contributed by atoms with Crippen molar-refractivity contribution in [2.75, 3.05) is 45.2 Å². The topological polar surface area (TPSA) is 18.5 Å². The molecule has 3 nitrogen and oxygen atoms in total. The molecule has 0 bridgehead atoms. The molecule has 0 aliphatic carbocycles. The Kier molecular flexibility index (Phi) is 4.65. The van der Waals surface area contributed by atoms with Crippen LogP contribution in [-0.2, 0) is 0 Å². The summed E-state index contributed by atoms with van der Waals surface area (Å²) in [6, 6.07) is 7.10. The van der Waals surface area contributed by atoms with E-state index in [0.717, 1.165) is 30.7 Å². The molecule has 1 unspecified atom stereocenters. The quantitative estimate of drug-likeness (QED) is 0.922. The first-order valence-electron chi connectivity index (χ1n) is 6.45. The highest BCUT2D eigenvalue weighted by atomic mass is 79.9. The van der Waals surface area contributed by atoms with E-state index in [1.54, 1.807) is 0 Å². The van der Waals surface area contributed by atoms with Gasteiger partial charge in [-0.3, -0.25) is 0 Å². The number of piperazine rings is 1. The van der Waals surface area contributed by atoms with Crippen LogP contribution in [0.25, 0.3) is 0 Å². The van der Waals surface area contributed by atoms with E-state index in [9.17, 15) is 0 Å². The van der Waals surface area contributed by atoms with Gasteiger partial charge in [0.25, 0.3) is 0 Å². The first-order valence-corrected chi connectivity index (χ1v) is 7.25. The third-order valence-corrected chi connectivity index (χ3v) is 3.83. The number of nitrogens with one attached hydrogen (secondary N) is 1. The lowest BCUT2D eigenvalue weighted by Gasteiger charge is -2.37. The number of nitrogens with zero attached hydrogens (tertiary/aromatic N) is 2. The van der Waals surface area contributed by atoms with E-state index >= 15 is 0 Å². The second-order valence-corrected chi connectivity index (χ2v) is 6.21. The van der Waals surface area contributed by atoms with Crippen LogP contribution >= 0.6 is 15.9 Å². The molecule has 100 valence electrons. The molecule has 1 atom stereocenters. The van der Waals surface area contributed by atoms with Gasteiger partial charge in [0.15, 0.2) is 0 Å². The minimum atomic E-state index is 0.553. The number of likely N-dealkylation sites (N-methyl/N-ethyl adjacent to an activating group) is 1. The fraction of sp³-hybridized carbons (Fsp3) is 0.571. The second kappa shape index (κ2) is 6.04. The Balaban J connectivity index is 2.08. The first kappa shape index (κ1) is 13.8. The van der Waals surface area contributed by atoms with E-state index in [1.807, 2.05) is 0 Å². The van der Waals surface area contributed by atoms with Crippen molar-refractivity contribution in [1.82, 2.24) is 10.2 Å². The zero-order chi connectivity index (χ0) is 13.1. The molecule has 18 heavy (non-hydrogen) atoms. The largest absolute Gasteiger partial charge is 0.368 e. The minimum absolute atomic E-state index is 0.553. The lowest BCUT2D eigenvalue weighted by Crippen LogP contribution is -2.54.